The quantitative estimate of drug-likeness (QED) is 0.847. The van der Waals surface area contributed by atoms with Gasteiger partial charge in [0.2, 0.25) is 5.91 Å². The maximum atomic E-state index is 12.3. The Bertz CT molecular complexity index is 373. The molecule has 21 heavy (non-hydrogen) atoms. The number of nitrogens with zero attached hydrogens (tertiary/aromatic N) is 1. The first-order chi connectivity index (χ1) is 10.1. The normalized spacial score (nSPS) is 28.3. The minimum atomic E-state index is -0.449. The van der Waals surface area contributed by atoms with Gasteiger partial charge in [-0.05, 0) is 38.0 Å². The van der Waals surface area contributed by atoms with Crippen molar-refractivity contribution in [3.63, 3.8) is 0 Å². The number of amides is 2. The fourth-order valence-electron chi connectivity index (χ4n) is 3.21. The highest BCUT2D eigenvalue weighted by molar-refractivity contribution is 5.85. The minimum absolute atomic E-state index is 0.00995. The number of hydrogen-bond donors (Lipinski definition) is 1. The van der Waals surface area contributed by atoms with Gasteiger partial charge in [0.05, 0.1) is 6.10 Å². The molecule has 0 aromatic rings. The summed E-state index contributed by atoms with van der Waals surface area (Å²) in [6.45, 7) is 4.80. The van der Waals surface area contributed by atoms with Crippen LogP contribution in [0.2, 0.25) is 0 Å². The Labute approximate surface area is 127 Å². The lowest BCUT2D eigenvalue weighted by molar-refractivity contribution is -0.152. The number of hydrogen-bond acceptors (Lipinski definition) is 3. The summed E-state index contributed by atoms with van der Waals surface area (Å²) in [6.07, 6.45) is 7.26. The molecule has 0 aromatic carbocycles. The maximum Gasteiger partial charge on any atom is 0.267 e. The summed E-state index contributed by atoms with van der Waals surface area (Å²) >= 11 is 0. The van der Waals surface area contributed by atoms with Crippen molar-refractivity contribution in [3.05, 3.63) is 0 Å². The van der Waals surface area contributed by atoms with Gasteiger partial charge in [0, 0.05) is 13.0 Å². The minimum Gasteiger partial charge on any atom is -0.365 e. The molecule has 0 aromatic heterocycles. The number of ether oxygens (including phenoxy) is 1. The van der Waals surface area contributed by atoms with Gasteiger partial charge in [0.1, 0.15) is 6.10 Å². The molecular weight excluding hydrogens is 268 g/mol. The van der Waals surface area contributed by atoms with Gasteiger partial charge in [-0.2, -0.15) is 0 Å². The zero-order chi connectivity index (χ0) is 15.2. The molecule has 120 valence electrons. The Morgan fingerprint density at radius 2 is 2.19 bits per heavy atom. The molecular formula is C16H28N2O3. The zero-order valence-electron chi connectivity index (χ0n) is 13.3. The number of carbonyl (C=O) groups excluding carboxylic acids is 2. The van der Waals surface area contributed by atoms with Gasteiger partial charge in [-0.3, -0.25) is 20.0 Å². The van der Waals surface area contributed by atoms with Crippen LogP contribution < -0.4 is 5.43 Å². The van der Waals surface area contributed by atoms with E-state index in [-0.39, 0.29) is 17.9 Å². The van der Waals surface area contributed by atoms with Crippen molar-refractivity contribution in [2.45, 2.75) is 77.4 Å². The van der Waals surface area contributed by atoms with E-state index in [2.05, 4.69) is 12.3 Å². The molecule has 0 radical (unpaired) electrons. The number of nitrogens with one attached hydrogen (secondary N) is 1. The van der Waals surface area contributed by atoms with Gasteiger partial charge in [-0.25, -0.2) is 0 Å². The molecule has 5 nitrogen and oxygen atoms in total. The molecule has 0 bridgehead atoms. The molecule has 1 saturated carbocycles. The SMILES string of the molecule is CC[C@H](O[C@@H]1CCC[C@@H](C)C1)C(=O)NN1CCCCC1=O. The van der Waals surface area contributed by atoms with Crippen LogP contribution in [0.15, 0.2) is 0 Å². The van der Waals surface area contributed by atoms with E-state index in [1.165, 1.54) is 17.9 Å². The number of carbonyl (C=O) groups is 2. The van der Waals surface area contributed by atoms with Crippen molar-refractivity contribution >= 4 is 11.8 Å². The Balaban J connectivity index is 1.84. The van der Waals surface area contributed by atoms with E-state index < -0.39 is 6.10 Å². The maximum absolute atomic E-state index is 12.3. The molecule has 5 heteroatoms. The van der Waals surface area contributed by atoms with Crippen molar-refractivity contribution in [1.29, 1.82) is 0 Å². The Kier molecular flexibility index (Phi) is 6.03. The molecule has 1 heterocycles. The molecule has 2 fully saturated rings. The summed E-state index contributed by atoms with van der Waals surface area (Å²) in [6, 6.07) is 0. The zero-order valence-corrected chi connectivity index (χ0v) is 13.3. The Morgan fingerprint density at radius 3 is 2.86 bits per heavy atom. The summed E-state index contributed by atoms with van der Waals surface area (Å²) in [4.78, 5) is 24.1. The van der Waals surface area contributed by atoms with E-state index in [0.29, 0.717) is 25.3 Å². The molecule has 1 aliphatic heterocycles. The lowest BCUT2D eigenvalue weighted by atomic mass is 9.88. The highest BCUT2D eigenvalue weighted by Gasteiger charge is 2.28. The average Bonchev–Trinajstić information content (AvgIpc) is 2.47. The fraction of sp³-hybridized carbons (Fsp3) is 0.875. The molecule has 1 saturated heterocycles. The first kappa shape index (κ1) is 16.3. The van der Waals surface area contributed by atoms with Crippen molar-refractivity contribution < 1.29 is 14.3 Å². The number of rotatable bonds is 5. The monoisotopic (exact) mass is 296 g/mol. The third kappa shape index (κ3) is 4.70. The lowest BCUT2D eigenvalue weighted by Gasteiger charge is -2.32. The second-order valence-corrected chi connectivity index (χ2v) is 6.41. The van der Waals surface area contributed by atoms with Crippen molar-refractivity contribution in [2.24, 2.45) is 5.92 Å². The fourth-order valence-corrected chi connectivity index (χ4v) is 3.21. The smallest absolute Gasteiger partial charge is 0.267 e. The number of hydrazine groups is 1. The summed E-state index contributed by atoms with van der Waals surface area (Å²) in [5.41, 5.74) is 2.74. The lowest BCUT2D eigenvalue weighted by Crippen LogP contribution is -2.52. The number of piperidine rings is 1. The average molecular weight is 296 g/mol. The summed E-state index contributed by atoms with van der Waals surface area (Å²) in [7, 11) is 0. The molecule has 1 aliphatic carbocycles. The molecule has 2 rings (SSSR count). The molecule has 1 N–H and O–H groups in total. The molecule has 2 amide bonds. The van der Waals surface area contributed by atoms with E-state index in [4.69, 9.17) is 4.74 Å². The summed E-state index contributed by atoms with van der Waals surface area (Å²) < 4.78 is 6.00. The summed E-state index contributed by atoms with van der Waals surface area (Å²) in [5.74, 6) is 0.509. The van der Waals surface area contributed by atoms with E-state index in [1.807, 2.05) is 6.92 Å². The van der Waals surface area contributed by atoms with Gasteiger partial charge in [-0.15, -0.1) is 0 Å². The highest BCUT2D eigenvalue weighted by atomic mass is 16.5. The van der Waals surface area contributed by atoms with E-state index in [0.717, 1.165) is 25.7 Å². The standard InChI is InChI=1S/C16H28N2O3/c1-3-14(21-13-8-6-7-12(2)11-13)16(20)17-18-10-5-4-9-15(18)19/h12-14H,3-11H2,1-2H3,(H,17,20)/t12-,13-,14+/m1/s1. The predicted molar refractivity (Wildman–Crippen MR) is 80.3 cm³/mol. The van der Waals surface area contributed by atoms with Crippen molar-refractivity contribution in [1.82, 2.24) is 10.4 Å². The van der Waals surface area contributed by atoms with E-state index >= 15 is 0 Å². The van der Waals surface area contributed by atoms with Crippen LogP contribution in [0, 0.1) is 5.92 Å². The van der Waals surface area contributed by atoms with Gasteiger partial charge in [0.15, 0.2) is 0 Å². The Hall–Kier alpha value is -1.10. The van der Waals surface area contributed by atoms with Crippen molar-refractivity contribution in [3.8, 4) is 0 Å². The molecule has 3 atom stereocenters. The third-order valence-electron chi connectivity index (χ3n) is 4.48. The molecule has 0 unspecified atom stereocenters. The first-order valence-electron chi connectivity index (χ1n) is 8.36. The van der Waals surface area contributed by atoms with Gasteiger partial charge < -0.3 is 4.74 Å². The van der Waals surface area contributed by atoms with Crippen LogP contribution in [-0.2, 0) is 14.3 Å². The van der Waals surface area contributed by atoms with E-state index in [9.17, 15) is 9.59 Å². The highest BCUT2D eigenvalue weighted by Crippen LogP contribution is 2.27. The van der Waals surface area contributed by atoms with Crippen LogP contribution >= 0.6 is 0 Å². The van der Waals surface area contributed by atoms with Gasteiger partial charge in [-0.1, -0.05) is 26.7 Å². The topological polar surface area (TPSA) is 58.6 Å². The van der Waals surface area contributed by atoms with Gasteiger partial charge in [0.25, 0.3) is 5.91 Å². The Morgan fingerprint density at radius 1 is 1.38 bits per heavy atom. The van der Waals surface area contributed by atoms with Crippen molar-refractivity contribution in [2.75, 3.05) is 6.54 Å². The summed E-state index contributed by atoms with van der Waals surface area (Å²) in [5, 5.41) is 1.46. The van der Waals surface area contributed by atoms with E-state index in [1.54, 1.807) is 0 Å². The predicted octanol–water partition coefficient (Wildman–Crippen LogP) is 2.40. The molecule has 2 aliphatic rings. The largest absolute Gasteiger partial charge is 0.365 e. The van der Waals surface area contributed by atoms with Crippen LogP contribution in [0.5, 0.6) is 0 Å². The van der Waals surface area contributed by atoms with Crippen LogP contribution in [0.4, 0.5) is 0 Å². The second kappa shape index (κ2) is 7.78. The van der Waals surface area contributed by atoms with Crippen LogP contribution in [-0.4, -0.2) is 35.6 Å². The first-order valence-corrected chi connectivity index (χ1v) is 8.36. The van der Waals surface area contributed by atoms with Crippen LogP contribution in [0.3, 0.4) is 0 Å². The second-order valence-electron chi connectivity index (χ2n) is 6.41. The van der Waals surface area contributed by atoms with Crippen LogP contribution in [0.1, 0.15) is 65.2 Å². The third-order valence-corrected chi connectivity index (χ3v) is 4.48. The molecule has 0 spiro atoms. The van der Waals surface area contributed by atoms with Crippen LogP contribution in [0.25, 0.3) is 0 Å². The van der Waals surface area contributed by atoms with Gasteiger partial charge >= 0.3 is 0 Å².